The quantitative estimate of drug-likeness (QED) is 0.200. The lowest BCUT2D eigenvalue weighted by Gasteiger charge is -2.16. The van der Waals surface area contributed by atoms with E-state index in [1.807, 2.05) is 81.0 Å². The second-order valence-corrected chi connectivity index (χ2v) is 11.3. The number of aryl methyl sites for hydroxylation is 4. The zero-order chi connectivity index (χ0) is 29.9. The van der Waals surface area contributed by atoms with Crippen molar-refractivity contribution in [1.82, 2.24) is 19.3 Å². The molecule has 0 radical (unpaired) electrons. The molecule has 0 fully saturated rings. The largest absolute Gasteiger partial charge is 0.507 e. The lowest BCUT2D eigenvalue weighted by Crippen LogP contribution is -2.15. The van der Waals surface area contributed by atoms with E-state index in [2.05, 4.69) is 10.2 Å². The number of nitrogens with one attached hydrogen (secondary N) is 1. The van der Waals surface area contributed by atoms with Crippen molar-refractivity contribution in [3.05, 3.63) is 88.0 Å². The van der Waals surface area contributed by atoms with Crippen molar-refractivity contribution in [2.75, 3.05) is 13.8 Å². The lowest BCUT2D eigenvalue weighted by molar-refractivity contribution is 0.384. The van der Waals surface area contributed by atoms with Crippen molar-refractivity contribution in [3.63, 3.8) is 0 Å². The van der Waals surface area contributed by atoms with Crippen LogP contribution in [0.3, 0.4) is 0 Å². The molecule has 216 valence electrons. The molecule has 0 bridgehead atoms. The van der Waals surface area contributed by atoms with Gasteiger partial charge in [0.15, 0.2) is 5.82 Å². The summed E-state index contributed by atoms with van der Waals surface area (Å²) >= 11 is 0. The van der Waals surface area contributed by atoms with E-state index in [1.165, 1.54) is 10.6 Å². The smallest absolute Gasteiger partial charge is 0.373 e. The Balaban J connectivity index is 0.00000189. The van der Waals surface area contributed by atoms with Gasteiger partial charge in [0.1, 0.15) is 17.2 Å². The summed E-state index contributed by atoms with van der Waals surface area (Å²) in [5, 5.41) is 18.6. The molecular formula is C30H35N4O6P. The molecule has 41 heavy (non-hydrogen) atoms. The maximum atomic E-state index is 12.9. The molecule has 5 rings (SSSR count). The summed E-state index contributed by atoms with van der Waals surface area (Å²) in [5.74, 6) is 0.792. The van der Waals surface area contributed by atoms with Gasteiger partial charge in [0.2, 0.25) is 0 Å². The number of H-pyrrole nitrogens is 1. The summed E-state index contributed by atoms with van der Waals surface area (Å²) in [6.45, 7) is 7.04. The molecule has 2 aromatic heterocycles. The van der Waals surface area contributed by atoms with E-state index < -0.39 is 13.3 Å². The van der Waals surface area contributed by atoms with Gasteiger partial charge in [-0.3, -0.25) is 0 Å². The highest BCUT2D eigenvalue weighted by Crippen LogP contribution is 2.44. The standard InChI is InChI=1S/C28H29N4O6P.C2H6/c1-17-5-6-18(13-25(17)37-3)7-8-20-15-22(24(33)16-26(20)38-39(4,35)36)27-29-30-28(34)32(27)21-9-10-23-19(14-21)11-12-31(23)2;1-2/h5-6,9-16,33H,7-8H2,1-4H3,(H,30,34)(H,35,36);1-2H3. The SMILES string of the molecule is CC.COc1cc(CCc2cc(-c3n[nH]c(=O)n3-c3ccc4c(ccn4C)c3)c(O)cc2OP(C)(=O)O)ccc1C. The molecule has 0 amide bonds. The molecule has 0 saturated heterocycles. The summed E-state index contributed by atoms with van der Waals surface area (Å²) in [6.07, 6.45) is 2.91. The van der Waals surface area contributed by atoms with Crippen molar-refractivity contribution in [2.24, 2.45) is 7.05 Å². The Morgan fingerprint density at radius 1 is 1.02 bits per heavy atom. The minimum Gasteiger partial charge on any atom is -0.507 e. The highest BCUT2D eigenvalue weighted by Gasteiger charge is 2.22. The molecule has 0 aliphatic heterocycles. The van der Waals surface area contributed by atoms with E-state index >= 15 is 0 Å². The molecule has 11 heteroatoms. The number of rotatable bonds is 8. The molecule has 1 atom stereocenters. The Morgan fingerprint density at radius 3 is 2.49 bits per heavy atom. The topological polar surface area (TPSA) is 132 Å². The van der Waals surface area contributed by atoms with Crippen LogP contribution in [0.4, 0.5) is 0 Å². The fourth-order valence-corrected chi connectivity index (χ4v) is 5.21. The Kier molecular flexibility index (Phi) is 8.75. The first kappa shape index (κ1) is 29.7. The molecule has 0 aliphatic rings. The number of methoxy groups -OCH3 is 1. The van der Waals surface area contributed by atoms with Crippen LogP contribution in [0.1, 0.15) is 30.5 Å². The molecule has 10 nitrogen and oxygen atoms in total. The first-order valence-corrected chi connectivity index (χ1v) is 15.3. The highest BCUT2D eigenvalue weighted by molar-refractivity contribution is 7.52. The molecule has 1 unspecified atom stereocenters. The van der Waals surface area contributed by atoms with Crippen LogP contribution >= 0.6 is 7.60 Å². The first-order valence-electron chi connectivity index (χ1n) is 13.3. The van der Waals surface area contributed by atoms with Gasteiger partial charge in [-0.2, -0.15) is 5.10 Å². The fraction of sp³-hybridized carbons (Fsp3) is 0.267. The molecule has 2 heterocycles. The van der Waals surface area contributed by atoms with Crippen LogP contribution in [0.2, 0.25) is 0 Å². The zero-order valence-electron chi connectivity index (χ0n) is 24.0. The van der Waals surface area contributed by atoms with E-state index in [1.54, 1.807) is 13.2 Å². The Morgan fingerprint density at radius 2 is 1.78 bits per heavy atom. The number of hydrogen-bond acceptors (Lipinski definition) is 6. The minimum atomic E-state index is -3.92. The van der Waals surface area contributed by atoms with Gasteiger partial charge < -0.3 is 23.8 Å². The van der Waals surface area contributed by atoms with E-state index in [4.69, 9.17) is 9.26 Å². The number of nitrogens with zero attached hydrogens (tertiary/aromatic N) is 3. The van der Waals surface area contributed by atoms with E-state index in [0.29, 0.717) is 24.1 Å². The number of hydrogen-bond donors (Lipinski definition) is 3. The molecule has 3 N–H and O–H groups in total. The summed E-state index contributed by atoms with van der Waals surface area (Å²) in [5.41, 5.74) is 3.95. The summed E-state index contributed by atoms with van der Waals surface area (Å²) in [4.78, 5) is 22.8. The Hall–Kier alpha value is -4.27. The number of aromatic amines is 1. The van der Waals surface area contributed by atoms with Gasteiger partial charge in [0, 0.05) is 36.9 Å². The average Bonchev–Trinajstić information content (AvgIpc) is 3.51. The van der Waals surface area contributed by atoms with E-state index in [0.717, 1.165) is 34.4 Å². The molecule has 5 aromatic rings. The monoisotopic (exact) mass is 578 g/mol. The van der Waals surface area contributed by atoms with Gasteiger partial charge >= 0.3 is 13.3 Å². The van der Waals surface area contributed by atoms with Gasteiger partial charge in [-0.25, -0.2) is 19.0 Å². The van der Waals surface area contributed by atoms with Crippen molar-refractivity contribution in [2.45, 2.75) is 33.6 Å². The molecule has 0 aliphatic carbocycles. The van der Waals surface area contributed by atoms with Gasteiger partial charge in [0.05, 0.1) is 18.4 Å². The van der Waals surface area contributed by atoms with Gasteiger partial charge in [-0.05, 0) is 72.9 Å². The van der Waals surface area contributed by atoms with Crippen LogP contribution in [0.5, 0.6) is 17.2 Å². The lowest BCUT2D eigenvalue weighted by atomic mass is 9.99. The number of ether oxygens (including phenoxy) is 1. The van der Waals surface area contributed by atoms with E-state index in [-0.39, 0.29) is 22.9 Å². The Labute approximate surface area is 238 Å². The van der Waals surface area contributed by atoms with Gasteiger partial charge in [0.25, 0.3) is 0 Å². The van der Waals surface area contributed by atoms with Crippen molar-refractivity contribution >= 4 is 18.5 Å². The second-order valence-electron chi connectivity index (χ2n) is 9.53. The predicted molar refractivity (Wildman–Crippen MR) is 161 cm³/mol. The highest BCUT2D eigenvalue weighted by atomic mass is 31.2. The first-order chi connectivity index (χ1) is 19.5. The number of phenols is 1. The van der Waals surface area contributed by atoms with Crippen LogP contribution in [0.25, 0.3) is 28.0 Å². The number of aromatic hydroxyl groups is 1. The van der Waals surface area contributed by atoms with Crippen LogP contribution in [0.15, 0.2) is 65.6 Å². The van der Waals surface area contributed by atoms with Crippen molar-refractivity contribution in [3.8, 4) is 34.3 Å². The second kappa shape index (κ2) is 12.1. The normalized spacial score (nSPS) is 12.5. The van der Waals surface area contributed by atoms with Crippen molar-refractivity contribution < 1.29 is 23.8 Å². The van der Waals surface area contributed by atoms with E-state index in [9.17, 15) is 19.4 Å². The van der Waals surface area contributed by atoms with Crippen LogP contribution < -0.4 is 15.0 Å². The third-order valence-electron chi connectivity index (χ3n) is 6.64. The number of aromatic nitrogens is 4. The van der Waals surface area contributed by atoms with Crippen molar-refractivity contribution in [1.29, 1.82) is 0 Å². The number of fused-ring (bicyclic) bond motifs is 1. The third-order valence-corrected chi connectivity index (χ3v) is 7.18. The van der Waals surface area contributed by atoms with Gasteiger partial charge in [-0.15, -0.1) is 0 Å². The predicted octanol–water partition coefficient (Wildman–Crippen LogP) is 5.75. The maximum Gasteiger partial charge on any atom is 0.373 e. The third kappa shape index (κ3) is 6.39. The molecule has 3 aromatic carbocycles. The molecule has 0 saturated carbocycles. The maximum absolute atomic E-state index is 12.9. The van der Waals surface area contributed by atoms with Crippen LogP contribution in [-0.4, -0.2) is 43.1 Å². The summed E-state index contributed by atoms with van der Waals surface area (Å²) in [7, 11) is -0.367. The molecular weight excluding hydrogens is 543 g/mol. The van der Waals surface area contributed by atoms with Gasteiger partial charge in [-0.1, -0.05) is 26.0 Å². The van der Waals surface area contributed by atoms with Crippen LogP contribution in [0, 0.1) is 6.92 Å². The summed E-state index contributed by atoms with van der Waals surface area (Å²) in [6, 6.07) is 16.4. The minimum absolute atomic E-state index is 0.0822. The number of phenolic OH excluding ortho intramolecular Hbond substituents is 1. The Bertz CT molecular complexity index is 1800. The zero-order valence-corrected chi connectivity index (χ0v) is 24.9. The summed E-state index contributed by atoms with van der Waals surface area (Å²) < 4.78 is 26.3. The average molecular weight is 579 g/mol. The fourth-order valence-electron chi connectivity index (χ4n) is 4.68. The number of benzene rings is 3. The van der Waals surface area contributed by atoms with Crippen LogP contribution in [-0.2, 0) is 24.5 Å². The molecule has 0 spiro atoms.